The van der Waals surface area contributed by atoms with Crippen LogP contribution in [0.4, 0.5) is 5.82 Å². The largest absolute Gasteiger partial charge is 0.493 e. The van der Waals surface area contributed by atoms with Crippen LogP contribution in [0.25, 0.3) is 10.9 Å². The van der Waals surface area contributed by atoms with Crippen LogP contribution in [0.1, 0.15) is 19.4 Å². The molecule has 0 unspecified atom stereocenters. The summed E-state index contributed by atoms with van der Waals surface area (Å²) in [4.78, 5) is 25.9. The highest BCUT2D eigenvalue weighted by Gasteiger charge is 2.24. The predicted octanol–water partition coefficient (Wildman–Crippen LogP) is 3.33. The molecule has 0 bridgehead atoms. The van der Waals surface area contributed by atoms with Crippen LogP contribution in [0, 0.1) is 12.3 Å². The molecular weight excluding hydrogens is 444 g/mol. The van der Waals surface area contributed by atoms with Crippen molar-refractivity contribution in [1.82, 2.24) is 14.9 Å². The lowest BCUT2D eigenvalue weighted by Gasteiger charge is -2.36. The van der Waals surface area contributed by atoms with Gasteiger partial charge in [0, 0.05) is 37.6 Å². The van der Waals surface area contributed by atoms with E-state index < -0.39 is 0 Å². The Bertz CT molecular complexity index is 1210. The second-order valence-corrected chi connectivity index (χ2v) is 8.57. The highest BCUT2D eigenvalue weighted by molar-refractivity contribution is 5.92. The van der Waals surface area contributed by atoms with E-state index in [1.807, 2.05) is 55.1 Å². The van der Waals surface area contributed by atoms with Gasteiger partial charge in [0.1, 0.15) is 24.5 Å². The second kappa shape index (κ2) is 11.0. The highest BCUT2D eigenvalue weighted by Crippen LogP contribution is 2.35. The molecule has 0 spiro atoms. The van der Waals surface area contributed by atoms with E-state index in [4.69, 9.17) is 20.6 Å². The number of amides is 1. The lowest BCUT2D eigenvalue weighted by atomic mass is 10.1. The summed E-state index contributed by atoms with van der Waals surface area (Å²) in [5, 5.41) is 0.862. The van der Waals surface area contributed by atoms with Gasteiger partial charge < -0.3 is 24.0 Å². The van der Waals surface area contributed by atoms with Gasteiger partial charge in [-0.1, -0.05) is 18.1 Å². The number of piperazine rings is 1. The van der Waals surface area contributed by atoms with Crippen molar-refractivity contribution in [3.63, 3.8) is 0 Å². The molecule has 2 heterocycles. The van der Waals surface area contributed by atoms with Gasteiger partial charge in [-0.2, -0.15) is 0 Å². The number of carbonyl (C=O) groups is 1. The molecule has 0 atom stereocenters. The van der Waals surface area contributed by atoms with Gasteiger partial charge in [0.05, 0.1) is 25.2 Å². The van der Waals surface area contributed by atoms with Crippen LogP contribution in [0.15, 0.2) is 42.7 Å². The van der Waals surface area contributed by atoms with Crippen molar-refractivity contribution < 1.29 is 19.0 Å². The molecule has 1 aliphatic heterocycles. The number of fused-ring (bicyclic) bond motifs is 1. The van der Waals surface area contributed by atoms with E-state index in [0.717, 1.165) is 28.0 Å². The summed E-state index contributed by atoms with van der Waals surface area (Å²) in [6, 6.07) is 11.4. The first-order chi connectivity index (χ1) is 17.0. The summed E-state index contributed by atoms with van der Waals surface area (Å²) in [6.45, 7) is 6.73. The van der Waals surface area contributed by atoms with E-state index in [1.54, 1.807) is 13.4 Å². The zero-order valence-electron chi connectivity index (χ0n) is 20.4. The maximum atomic E-state index is 12.9. The molecule has 1 amide bonds. The summed E-state index contributed by atoms with van der Waals surface area (Å²) >= 11 is 0. The molecule has 2 aromatic carbocycles. The quantitative estimate of drug-likeness (QED) is 0.464. The number of terminal acetylenes is 1. The Kier molecular flexibility index (Phi) is 7.56. The van der Waals surface area contributed by atoms with Crippen molar-refractivity contribution in [1.29, 1.82) is 0 Å². The number of rotatable bonds is 8. The maximum Gasteiger partial charge on any atom is 0.227 e. The van der Waals surface area contributed by atoms with Crippen molar-refractivity contribution in [2.75, 3.05) is 44.8 Å². The topological polar surface area (TPSA) is 77.0 Å². The number of ether oxygens (including phenoxy) is 3. The molecule has 1 aliphatic rings. The van der Waals surface area contributed by atoms with E-state index in [2.05, 4.69) is 20.8 Å². The van der Waals surface area contributed by atoms with E-state index in [0.29, 0.717) is 44.1 Å². The Morgan fingerprint density at radius 3 is 2.49 bits per heavy atom. The van der Waals surface area contributed by atoms with Gasteiger partial charge in [-0.05, 0) is 37.6 Å². The first-order valence-corrected chi connectivity index (χ1v) is 11.7. The van der Waals surface area contributed by atoms with Crippen LogP contribution < -0.4 is 19.1 Å². The number of nitrogens with zero attached hydrogens (tertiary/aromatic N) is 4. The smallest absolute Gasteiger partial charge is 0.227 e. The fourth-order valence-electron chi connectivity index (χ4n) is 4.11. The van der Waals surface area contributed by atoms with Crippen LogP contribution in [0.5, 0.6) is 17.2 Å². The summed E-state index contributed by atoms with van der Waals surface area (Å²) in [5.74, 6) is 5.31. The third kappa shape index (κ3) is 5.75. The van der Waals surface area contributed by atoms with Crippen LogP contribution in [0.3, 0.4) is 0 Å². The number of aromatic nitrogens is 2. The third-order valence-electron chi connectivity index (χ3n) is 5.79. The Labute approximate surface area is 205 Å². The molecule has 1 saturated heterocycles. The molecule has 0 N–H and O–H groups in total. The third-order valence-corrected chi connectivity index (χ3v) is 5.79. The van der Waals surface area contributed by atoms with E-state index in [9.17, 15) is 4.79 Å². The summed E-state index contributed by atoms with van der Waals surface area (Å²) in [7, 11) is 1.59. The van der Waals surface area contributed by atoms with Gasteiger partial charge >= 0.3 is 0 Å². The molecular formula is C27H30N4O4. The Balaban J connectivity index is 1.42. The molecule has 0 radical (unpaired) electrons. The monoisotopic (exact) mass is 474 g/mol. The Morgan fingerprint density at radius 2 is 1.83 bits per heavy atom. The Hall–Kier alpha value is -3.99. The first kappa shape index (κ1) is 24.1. The highest BCUT2D eigenvalue weighted by atomic mass is 16.5. The maximum absolute atomic E-state index is 12.9. The number of carbonyl (C=O) groups excluding carboxylic acids is 1. The Morgan fingerprint density at radius 1 is 1.09 bits per heavy atom. The molecule has 1 fully saturated rings. The van der Waals surface area contributed by atoms with Crippen LogP contribution >= 0.6 is 0 Å². The SMILES string of the molecule is C#CCOc1cc2ncnc(N3CCN(C(=O)Cc4ccc(OC(C)C)cc4)CC3)c2cc1OC. The molecule has 3 aromatic rings. The number of hydrogen-bond donors (Lipinski definition) is 0. The van der Waals surface area contributed by atoms with E-state index in [1.165, 1.54) is 0 Å². The van der Waals surface area contributed by atoms with Gasteiger partial charge in [-0.25, -0.2) is 9.97 Å². The number of anilines is 1. The molecule has 8 heteroatoms. The summed E-state index contributed by atoms with van der Waals surface area (Å²) in [6.07, 6.45) is 7.35. The van der Waals surface area contributed by atoms with E-state index >= 15 is 0 Å². The molecule has 4 rings (SSSR count). The van der Waals surface area contributed by atoms with Crippen molar-refractivity contribution in [2.24, 2.45) is 0 Å². The van der Waals surface area contributed by atoms with Crippen LogP contribution in [0.2, 0.25) is 0 Å². The fourth-order valence-corrected chi connectivity index (χ4v) is 4.11. The first-order valence-electron chi connectivity index (χ1n) is 11.7. The van der Waals surface area contributed by atoms with Crippen molar-refractivity contribution >= 4 is 22.6 Å². The minimum Gasteiger partial charge on any atom is -0.493 e. The summed E-state index contributed by atoms with van der Waals surface area (Å²) in [5.41, 5.74) is 1.72. The van der Waals surface area contributed by atoms with Crippen LogP contribution in [-0.2, 0) is 11.2 Å². The molecule has 0 saturated carbocycles. The molecule has 8 nitrogen and oxygen atoms in total. The predicted molar refractivity (Wildman–Crippen MR) is 135 cm³/mol. The molecule has 0 aliphatic carbocycles. The minimum atomic E-state index is 0.117. The lowest BCUT2D eigenvalue weighted by Crippen LogP contribution is -2.49. The second-order valence-electron chi connectivity index (χ2n) is 8.57. The molecule has 1 aromatic heterocycles. The van der Waals surface area contributed by atoms with Gasteiger partial charge in [-0.15, -0.1) is 6.42 Å². The molecule has 35 heavy (non-hydrogen) atoms. The lowest BCUT2D eigenvalue weighted by molar-refractivity contribution is -0.130. The normalized spacial score (nSPS) is 13.6. The van der Waals surface area contributed by atoms with Gasteiger partial charge in [0.2, 0.25) is 5.91 Å². The average Bonchev–Trinajstić information content (AvgIpc) is 2.87. The van der Waals surface area contributed by atoms with E-state index in [-0.39, 0.29) is 18.6 Å². The molecule has 182 valence electrons. The number of methoxy groups -OCH3 is 1. The number of hydrogen-bond acceptors (Lipinski definition) is 7. The van der Waals surface area contributed by atoms with Gasteiger partial charge in [0.15, 0.2) is 11.5 Å². The minimum absolute atomic E-state index is 0.117. The zero-order valence-corrected chi connectivity index (χ0v) is 20.4. The van der Waals surface area contributed by atoms with Crippen molar-refractivity contribution in [3.05, 3.63) is 48.3 Å². The fraction of sp³-hybridized carbons (Fsp3) is 0.370. The van der Waals surface area contributed by atoms with Gasteiger partial charge in [0.25, 0.3) is 0 Å². The zero-order chi connectivity index (χ0) is 24.8. The average molecular weight is 475 g/mol. The number of benzene rings is 2. The standard InChI is InChI=1S/C27H30N4O4/c1-5-14-34-25-17-23-22(16-24(25)33-4)27(29-18-28-23)31-12-10-30(11-13-31)26(32)15-20-6-8-21(9-7-20)35-19(2)3/h1,6-9,16-19H,10-15H2,2-4H3. The van der Waals surface area contributed by atoms with Crippen molar-refractivity contribution in [3.8, 4) is 29.6 Å². The van der Waals surface area contributed by atoms with Crippen LogP contribution in [-0.4, -0.2) is 66.8 Å². The van der Waals surface area contributed by atoms with Crippen molar-refractivity contribution in [2.45, 2.75) is 26.4 Å². The van der Waals surface area contributed by atoms with Gasteiger partial charge in [-0.3, -0.25) is 4.79 Å². The summed E-state index contributed by atoms with van der Waals surface area (Å²) < 4.78 is 16.8.